The maximum absolute atomic E-state index is 5.26. The smallest absolute Gasteiger partial charge is 0.193 e. The monoisotopic (exact) mass is 442 g/mol. The third kappa shape index (κ3) is 5.74. The Morgan fingerprint density at radius 3 is 2.71 bits per heavy atom. The molecular weight excluding hydrogens is 415 g/mol. The molecule has 0 fully saturated rings. The fourth-order valence-electron chi connectivity index (χ4n) is 2.51. The molecule has 0 unspecified atom stereocenters. The fraction of sp³-hybridized carbons (Fsp3) is 0.389. The molecular formula is C18H27IN4O. The summed E-state index contributed by atoms with van der Waals surface area (Å²) in [7, 11) is 7.61. The summed E-state index contributed by atoms with van der Waals surface area (Å²) in [4.78, 5) is 6.49. The minimum atomic E-state index is 0. The van der Waals surface area contributed by atoms with Crippen molar-refractivity contribution in [2.45, 2.75) is 13.0 Å². The molecule has 24 heavy (non-hydrogen) atoms. The number of hydrogen-bond donors (Lipinski definition) is 1. The molecule has 0 aliphatic carbocycles. The van der Waals surface area contributed by atoms with Gasteiger partial charge in [-0.3, -0.25) is 4.99 Å². The average Bonchev–Trinajstić information content (AvgIpc) is 2.96. The SMILES string of the molecule is CN=C(NCCc1cccc(OC)c1)N(C)Cc1cccn1C.I. The lowest BCUT2D eigenvalue weighted by molar-refractivity contribution is 0.414. The van der Waals surface area contributed by atoms with Crippen molar-refractivity contribution in [2.75, 3.05) is 27.7 Å². The van der Waals surface area contributed by atoms with E-state index in [1.165, 1.54) is 11.3 Å². The first-order valence-corrected chi connectivity index (χ1v) is 7.79. The molecule has 5 nitrogen and oxygen atoms in total. The number of aliphatic imine (C=N–C) groups is 1. The van der Waals surface area contributed by atoms with Crippen LogP contribution in [0.5, 0.6) is 5.75 Å². The van der Waals surface area contributed by atoms with Crippen molar-refractivity contribution in [1.29, 1.82) is 0 Å². The second-order valence-corrected chi connectivity index (χ2v) is 5.54. The van der Waals surface area contributed by atoms with E-state index in [0.717, 1.165) is 31.2 Å². The van der Waals surface area contributed by atoms with Gasteiger partial charge >= 0.3 is 0 Å². The minimum Gasteiger partial charge on any atom is -0.497 e. The molecule has 1 N–H and O–H groups in total. The van der Waals surface area contributed by atoms with Gasteiger partial charge in [0.15, 0.2) is 5.96 Å². The van der Waals surface area contributed by atoms with Crippen LogP contribution in [0.25, 0.3) is 0 Å². The van der Waals surface area contributed by atoms with Gasteiger partial charge in [-0.25, -0.2) is 0 Å². The van der Waals surface area contributed by atoms with E-state index in [1.807, 2.05) is 26.2 Å². The van der Waals surface area contributed by atoms with Crippen LogP contribution in [-0.4, -0.2) is 43.2 Å². The topological polar surface area (TPSA) is 41.8 Å². The lowest BCUT2D eigenvalue weighted by Crippen LogP contribution is -2.39. The van der Waals surface area contributed by atoms with Crippen molar-refractivity contribution < 1.29 is 4.74 Å². The molecule has 0 bridgehead atoms. The Balaban J connectivity index is 0.00000288. The van der Waals surface area contributed by atoms with Crippen LogP contribution in [-0.2, 0) is 20.0 Å². The molecule has 132 valence electrons. The van der Waals surface area contributed by atoms with E-state index in [4.69, 9.17) is 4.74 Å². The maximum atomic E-state index is 5.26. The molecule has 0 aliphatic heterocycles. The highest BCUT2D eigenvalue weighted by molar-refractivity contribution is 14.0. The van der Waals surface area contributed by atoms with Crippen molar-refractivity contribution in [2.24, 2.45) is 12.0 Å². The van der Waals surface area contributed by atoms with E-state index in [0.29, 0.717) is 0 Å². The molecule has 2 rings (SSSR count). The Hall–Kier alpha value is -1.70. The number of halogens is 1. The van der Waals surface area contributed by atoms with E-state index in [2.05, 4.69) is 57.3 Å². The van der Waals surface area contributed by atoms with E-state index in [1.54, 1.807) is 7.11 Å². The Morgan fingerprint density at radius 1 is 1.29 bits per heavy atom. The zero-order chi connectivity index (χ0) is 16.7. The summed E-state index contributed by atoms with van der Waals surface area (Å²) in [6.45, 7) is 1.65. The van der Waals surface area contributed by atoms with Gasteiger partial charge in [0.2, 0.25) is 0 Å². The van der Waals surface area contributed by atoms with E-state index in [9.17, 15) is 0 Å². The highest BCUT2D eigenvalue weighted by Crippen LogP contribution is 2.12. The van der Waals surface area contributed by atoms with E-state index < -0.39 is 0 Å². The lowest BCUT2D eigenvalue weighted by atomic mass is 10.1. The second kappa shape index (κ2) is 10.2. The molecule has 1 aromatic heterocycles. The number of nitrogens with zero attached hydrogens (tertiary/aromatic N) is 3. The maximum Gasteiger partial charge on any atom is 0.193 e. The number of rotatable bonds is 6. The zero-order valence-electron chi connectivity index (χ0n) is 14.8. The van der Waals surface area contributed by atoms with Gasteiger partial charge in [0.25, 0.3) is 0 Å². The number of ether oxygens (including phenoxy) is 1. The molecule has 2 aromatic rings. The van der Waals surface area contributed by atoms with Crippen LogP contribution in [0.2, 0.25) is 0 Å². The molecule has 1 heterocycles. The van der Waals surface area contributed by atoms with Crippen LogP contribution in [0.15, 0.2) is 47.6 Å². The predicted octanol–water partition coefficient (Wildman–Crippen LogP) is 2.90. The minimum absolute atomic E-state index is 0. The summed E-state index contributed by atoms with van der Waals surface area (Å²) in [5, 5.41) is 3.41. The molecule has 0 saturated heterocycles. The number of hydrogen-bond acceptors (Lipinski definition) is 2. The quantitative estimate of drug-likeness (QED) is 0.425. The Morgan fingerprint density at radius 2 is 2.08 bits per heavy atom. The first-order valence-electron chi connectivity index (χ1n) is 7.79. The first kappa shape index (κ1) is 20.3. The van der Waals surface area contributed by atoms with Gasteiger partial charge in [0.1, 0.15) is 5.75 Å². The van der Waals surface area contributed by atoms with Gasteiger partial charge in [-0.2, -0.15) is 0 Å². The highest BCUT2D eigenvalue weighted by atomic mass is 127. The molecule has 6 heteroatoms. The molecule has 1 aromatic carbocycles. The average molecular weight is 442 g/mol. The summed E-state index contributed by atoms with van der Waals surface area (Å²) in [5.41, 5.74) is 2.50. The first-order chi connectivity index (χ1) is 11.1. The summed E-state index contributed by atoms with van der Waals surface area (Å²) >= 11 is 0. The zero-order valence-corrected chi connectivity index (χ0v) is 17.2. The second-order valence-electron chi connectivity index (χ2n) is 5.54. The molecule has 0 atom stereocenters. The number of guanidine groups is 1. The van der Waals surface area contributed by atoms with Gasteiger partial charge in [-0.05, 0) is 36.2 Å². The number of methoxy groups -OCH3 is 1. The van der Waals surface area contributed by atoms with Crippen LogP contribution in [0.1, 0.15) is 11.3 Å². The highest BCUT2D eigenvalue weighted by Gasteiger charge is 2.08. The number of benzene rings is 1. The Labute approximate surface area is 161 Å². The van der Waals surface area contributed by atoms with Crippen molar-refractivity contribution in [3.63, 3.8) is 0 Å². The van der Waals surface area contributed by atoms with Gasteiger partial charge in [0.05, 0.1) is 13.7 Å². The number of aryl methyl sites for hydroxylation is 1. The fourth-order valence-corrected chi connectivity index (χ4v) is 2.51. The third-order valence-corrected chi connectivity index (χ3v) is 3.85. The number of nitrogens with one attached hydrogen (secondary N) is 1. The van der Waals surface area contributed by atoms with Crippen LogP contribution < -0.4 is 10.1 Å². The molecule has 0 saturated carbocycles. The Kier molecular flexibility index (Phi) is 8.67. The van der Waals surface area contributed by atoms with Crippen molar-refractivity contribution in [3.8, 4) is 5.75 Å². The normalized spacial score (nSPS) is 10.9. The third-order valence-electron chi connectivity index (χ3n) is 3.85. The van der Waals surface area contributed by atoms with Gasteiger partial charge in [0, 0.05) is 39.6 Å². The lowest BCUT2D eigenvalue weighted by Gasteiger charge is -2.22. The van der Waals surface area contributed by atoms with Crippen LogP contribution in [0.4, 0.5) is 0 Å². The van der Waals surface area contributed by atoms with Gasteiger partial charge < -0.3 is 19.5 Å². The van der Waals surface area contributed by atoms with Gasteiger partial charge in [-0.1, -0.05) is 12.1 Å². The standard InChI is InChI=1S/C18H26N4O.HI/c1-19-18(22(3)14-16-8-6-12-21(16)2)20-11-10-15-7-5-9-17(13-15)23-4;/h5-9,12-13H,10-11,14H2,1-4H3,(H,19,20);1H. The summed E-state index contributed by atoms with van der Waals surface area (Å²) in [5.74, 6) is 1.79. The number of aromatic nitrogens is 1. The molecule has 0 radical (unpaired) electrons. The Bertz CT molecular complexity index is 654. The van der Waals surface area contributed by atoms with E-state index >= 15 is 0 Å². The van der Waals surface area contributed by atoms with Crippen LogP contribution in [0.3, 0.4) is 0 Å². The largest absolute Gasteiger partial charge is 0.497 e. The van der Waals surface area contributed by atoms with Crippen molar-refractivity contribution in [3.05, 3.63) is 53.9 Å². The van der Waals surface area contributed by atoms with Crippen molar-refractivity contribution >= 4 is 29.9 Å². The molecule has 0 aliphatic rings. The molecule has 0 amide bonds. The summed E-state index contributed by atoms with van der Waals surface area (Å²) in [6, 6.07) is 12.3. The van der Waals surface area contributed by atoms with Crippen molar-refractivity contribution in [1.82, 2.24) is 14.8 Å². The van der Waals surface area contributed by atoms with Crippen LogP contribution in [0, 0.1) is 0 Å². The molecule has 0 spiro atoms. The van der Waals surface area contributed by atoms with E-state index in [-0.39, 0.29) is 24.0 Å². The summed E-state index contributed by atoms with van der Waals surface area (Å²) < 4.78 is 7.38. The predicted molar refractivity (Wildman–Crippen MR) is 110 cm³/mol. The van der Waals surface area contributed by atoms with Gasteiger partial charge in [-0.15, -0.1) is 24.0 Å². The van der Waals surface area contributed by atoms with Crippen LogP contribution >= 0.6 is 24.0 Å². The summed E-state index contributed by atoms with van der Waals surface area (Å²) in [6.07, 6.45) is 2.98.